The number of nitrogens with zero attached hydrogens (tertiary/aromatic N) is 2. The molecule has 2 aliphatic rings. The van der Waals surface area contributed by atoms with Gasteiger partial charge in [0, 0.05) is 70.7 Å². The van der Waals surface area contributed by atoms with Crippen LogP contribution in [0.3, 0.4) is 0 Å². The van der Waals surface area contributed by atoms with Crippen molar-refractivity contribution in [3.63, 3.8) is 0 Å². The van der Waals surface area contributed by atoms with Crippen LogP contribution in [0, 0.1) is 20.8 Å². The lowest BCUT2D eigenvalue weighted by atomic mass is 9.86. The van der Waals surface area contributed by atoms with Crippen molar-refractivity contribution in [2.75, 3.05) is 19.8 Å². The molecule has 5 heterocycles. The second-order valence-electron chi connectivity index (χ2n) is 11.5. The third-order valence-electron chi connectivity index (χ3n) is 8.93. The van der Waals surface area contributed by atoms with Gasteiger partial charge in [-0.15, -0.1) is 0 Å². The highest BCUT2D eigenvalue weighted by Gasteiger charge is 2.30. The van der Waals surface area contributed by atoms with Crippen molar-refractivity contribution in [3.8, 4) is 0 Å². The minimum atomic E-state index is 0.166. The maximum Gasteiger partial charge on any atom is 0.0687 e. The topological polar surface area (TPSA) is 86.8 Å². The Balaban J connectivity index is 1.76. The fourth-order valence-corrected chi connectivity index (χ4v) is 6.36. The number of fused-ring (bicyclic) bond motifs is 8. The number of aryl methyl sites for hydroxylation is 3. The smallest absolute Gasteiger partial charge is 0.0687 e. The van der Waals surface area contributed by atoms with E-state index in [1.165, 1.54) is 16.7 Å². The Hall–Kier alpha value is -3.48. The van der Waals surface area contributed by atoms with E-state index in [1.54, 1.807) is 0 Å². The average Bonchev–Trinajstić information content (AvgIpc) is 3.65. The Bertz CT molecular complexity index is 1660. The van der Waals surface area contributed by atoms with E-state index >= 15 is 0 Å². The number of nitrogens with one attached hydrogen (secondary N) is 2. The van der Waals surface area contributed by atoms with E-state index in [9.17, 15) is 0 Å². The SMILES string of the molecule is C=Cc1c(C)c2cc3nc(c(C)c4nc(cc5[nH]c(cc1[nH]2)c(C)c5CC)C(C)=C4)[C@@H](CCCOCCCO)[C@@H]3C. The monoisotopic (exact) mass is 552 g/mol. The molecular formula is C35H44N4O2. The van der Waals surface area contributed by atoms with E-state index < -0.39 is 0 Å². The first-order chi connectivity index (χ1) is 19.8. The molecule has 6 heteroatoms. The van der Waals surface area contributed by atoms with Gasteiger partial charge < -0.3 is 19.8 Å². The molecule has 0 spiro atoms. The molecule has 3 N–H and O–H groups in total. The number of aromatic amines is 2. The summed E-state index contributed by atoms with van der Waals surface area (Å²) in [4.78, 5) is 17.8. The molecular weight excluding hydrogens is 508 g/mol. The third kappa shape index (κ3) is 5.55. The molecule has 3 aromatic heterocycles. The number of aromatic nitrogens is 4. The van der Waals surface area contributed by atoms with Crippen LogP contribution in [0.1, 0.15) is 102 Å². The van der Waals surface area contributed by atoms with Crippen LogP contribution in [0.15, 0.2) is 24.8 Å². The van der Waals surface area contributed by atoms with Gasteiger partial charge in [-0.3, -0.25) is 4.98 Å². The number of H-pyrrole nitrogens is 2. The second kappa shape index (κ2) is 12.2. The maximum atomic E-state index is 9.05. The maximum absolute atomic E-state index is 9.05. The summed E-state index contributed by atoms with van der Waals surface area (Å²) in [6.45, 7) is 18.8. The summed E-state index contributed by atoms with van der Waals surface area (Å²) < 4.78 is 5.76. The lowest BCUT2D eigenvalue weighted by molar-refractivity contribution is 0.111. The van der Waals surface area contributed by atoms with Crippen molar-refractivity contribution < 1.29 is 9.84 Å². The zero-order valence-corrected chi connectivity index (χ0v) is 25.4. The summed E-state index contributed by atoms with van der Waals surface area (Å²) in [5.74, 6) is 0.542. The molecule has 2 atom stereocenters. The molecule has 5 rings (SSSR count). The molecule has 41 heavy (non-hydrogen) atoms. The molecule has 2 aliphatic heterocycles. The highest BCUT2D eigenvalue weighted by Crippen LogP contribution is 2.42. The van der Waals surface area contributed by atoms with Crippen LogP contribution in [0.5, 0.6) is 0 Å². The Morgan fingerprint density at radius 1 is 0.927 bits per heavy atom. The lowest BCUT2D eigenvalue weighted by Crippen LogP contribution is -2.07. The zero-order valence-electron chi connectivity index (χ0n) is 25.4. The minimum Gasteiger partial charge on any atom is -0.396 e. The van der Waals surface area contributed by atoms with E-state index in [1.807, 2.05) is 6.08 Å². The van der Waals surface area contributed by atoms with E-state index in [0.717, 1.165) is 80.8 Å². The lowest BCUT2D eigenvalue weighted by Gasteiger charge is -2.17. The van der Waals surface area contributed by atoms with E-state index in [2.05, 4.69) is 82.4 Å². The Morgan fingerprint density at radius 2 is 1.66 bits per heavy atom. The van der Waals surface area contributed by atoms with Crippen LogP contribution >= 0.6 is 0 Å². The van der Waals surface area contributed by atoms with Gasteiger partial charge >= 0.3 is 0 Å². The number of rotatable bonds is 9. The minimum absolute atomic E-state index is 0.166. The van der Waals surface area contributed by atoms with Gasteiger partial charge in [-0.1, -0.05) is 26.5 Å². The summed E-state index contributed by atoms with van der Waals surface area (Å²) >= 11 is 0. The fraction of sp³-hybridized carbons (Fsp3) is 0.429. The van der Waals surface area contributed by atoms with Crippen molar-refractivity contribution in [2.24, 2.45) is 0 Å². The van der Waals surface area contributed by atoms with Crippen LogP contribution < -0.4 is 0 Å². The summed E-state index contributed by atoms with van der Waals surface area (Å²) in [5, 5.41) is 9.05. The van der Waals surface area contributed by atoms with E-state index in [-0.39, 0.29) is 18.4 Å². The van der Waals surface area contributed by atoms with Gasteiger partial charge in [-0.05, 0) is 105 Å². The summed E-state index contributed by atoms with van der Waals surface area (Å²) in [7, 11) is 0. The van der Waals surface area contributed by atoms with Crippen LogP contribution in [0.2, 0.25) is 0 Å². The quantitative estimate of drug-likeness (QED) is 0.234. The number of ether oxygens (including phenoxy) is 1. The molecule has 0 aromatic carbocycles. The molecule has 0 saturated carbocycles. The van der Waals surface area contributed by atoms with E-state index in [4.69, 9.17) is 19.8 Å². The van der Waals surface area contributed by atoms with Gasteiger partial charge in [0.05, 0.1) is 11.4 Å². The van der Waals surface area contributed by atoms with E-state index in [0.29, 0.717) is 19.6 Å². The number of hydrogen-bond acceptors (Lipinski definition) is 4. The normalized spacial score (nSPS) is 16.7. The fourth-order valence-electron chi connectivity index (χ4n) is 6.36. The third-order valence-corrected chi connectivity index (χ3v) is 8.93. The molecule has 3 aromatic rings. The first-order valence-corrected chi connectivity index (χ1v) is 15.0. The zero-order chi connectivity index (χ0) is 29.3. The Morgan fingerprint density at radius 3 is 2.39 bits per heavy atom. The van der Waals surface area contributed by atoms with Crippen LogP contribution in [0.4, 0.5) is 0 Å². The molecule has 0 radical (unpaired) electrons. The molecule has 216 valence electrons. The first-order valence-electron chi connectivity index (χ1n) is 15.0. The highest BCUT2D eigenvalue weighted by molar-refractivity contribution is 5.86. The van der Waals surface area contributed by atoms with Gasteiger partial charge in [0.15, 0.2) is 0 Å². The molecule has 0 fully saturated rings. The largest absolute Gasteiger partial charge is 0.396 e. The summed E-state index contributed by atoms with van der Waals surface area (Å²) in [6, 6.07) is 6.64. The number of allylic oxidation sites excluding steroid dienone is 1. The molecule has 0 aliphatic carbocycles. The van der Waals surface area contributed by atoms with Gasteiger partial charge in [0.1, 0.15) is 0 Å². The average molecular weight is 553 g/mol. The molecule has 0 unspecified atom stereocenters. The number of aliphatic hydroxyl groups excluding tert-OH is 1. The van der Waals surface area contributed by atoms with Crippen molar-refractivity contribution in [3.05, 3.63) is 75.4 Å². The second-order valence-corrected chi connectivity index (χ2v) is 11.5. The molecule has 0 saturated heterocycles. The van der Waals surface area contributed by atoms with Crippen LogP contribution in [-0.4, -0.2) is 44.9 Å². The Kier molecular flexibility index (Phi) is 8.62. The molecule has 8 bridgehead atoms. The summed E-state index contributed by atoms with van der Waals surface area (Å²) in [6.07, 6.45) is 7.70. The first kappa shape index (κ1) is 29.0. The van der Waals surface area contributed by atoms with Crippen molar-refractivity contribution >= 4 is 39.8 Å². The van der Waals surface area contributed by atoms with Gasteiger partial charge in [0.2, 0.25) is 0 Å². The standard InChI is InChI=1S/C35H44N4O2/c1-8-25-22(5)31-19-34-26(9-2)21(4)30(37-34)18-32-23(6)27(12-10-14-41-15-11-13-40)35(39-32)24(7)29-16-20(3)28(36-29)17-33(25)38-31/h9,16-19,23,27,37-38,40H,2,8,10-15H2,1,3-7H3/t23-,27-/m0/s1. The Labute approximate surface area is 243 Å². The number of hydrogen-bond donors (Lipinski definition) is 3. The van der Waals surface area contributed by atoms with Crippen molar-refractivity contribution in [1.29, 1.82) is 0 Å². The highest BCUT2D eigenvalue weighted by atomic mass is 16.5. The van der Waals surface area contributed by atoms with Crippen molar-refractivity contribution in [1.82, 2.24) is 19.9 Å². The van der Waals surface area contributed by atoms with Gasteiger partial charge in [-0.2, -0.15) is 0 Å². The van der Waals surface area contributed by atoms with Crippen LogP contribution in [0.25, 0.3) is 39.8 Å². The number of aliphatic hydroxyl groups is 1. The summed E-state index contributed by atoms with van der Waals surface area (Å²) in [5.41, 5.74) is 15.7. The molecule has 6 nitrogen and oxygen atoms in total. The van der Waals surface area contributed by atoms with Gasteiger partial charge in [0.25, 0.3) is 0 Å². The van der Waals surface area contributed by atoms with Crippen molar-refractivity contribution in [2.45, 2.75) is 79.1 Å². The van der Waals surface area contributed by atoms with Crippen LogP contribution in [-0.2, 0) is 11.2 Å². The van der Waals surface area contributed by atoms with Gasteiger partial charge in [-0.25, -0.2) is 4.98 Å². The predicted molar refractivity (Wildman–Crippen MR) is 171 cm³/mol. The predicted octanol–water partition coefficient (Wildman–Crippen LogP) is 8.07. The molecule has 0 amide bonds.